The van der Waals surface area contributed by atoms with Crippen LogP contribution in [0.5, 0.6) is 0 Å². The molecule has 0 aromatic heterocycles. The summed E-state index contributed by atoms with van der Waals surface area (Å²) in [6.07, 6.45) is 0. The minimum atomic E-state index is -0.884. The Morgan fingerprint density at radius 1 is 0.857 bits per heavy atom. The lowest BCUT2D eigenvalue weighted by atomic mass is 9.89. The zero-order valence-electron chi connectivity index (χ0n) is 12.1. The van der Waals surface area contributed by atoms with Crippen molar-refractivity contribution in [3.63, 3.8) is 0 Å². The molecular formula is C19H17BrO. The number of rotatable bonds is 2. The molecule has 0 saturated heterocycles. The van der Waals surface area contributed by atoms with E-state index in [1.54, 1.807) is 0 Å². The molecule has 1 nitrogen and oxygen atoms in total. The van der Waals surface area contributed by atoms with Crippen molar-refractivity contribution in [1.82, 2.24) is 0 Å². The van der Waals surface area contributed by atoms with Crippen LogP contribution in [0.15, 0.2) is 65.1 Å². The monoisotopic (exact) mass is 340 g/mol. The summed E-state index contributed by atoms with van der Waals surface area (Å²) in [5, 5.41) is 12.9. The van der Waals surface area contributed by atoms with Crippen molar-refractivity contribution in [2.75, 3.05) is 0 Å². The van der Waals surface area contributed by atoms with Gasteiger partial charge in [0.15, 0.2) is 0 Å². The van der Waals surface area contributed by atoms with Crippen molar-refractivity contribution in [1.29, 1.82) is 0 Å². The topological polar surface area (TPSA) is 20.2 Å². The van der Waals surface area contributed by atoms with Gasteiger partial charge in [0.05, 0.1) is 5.60 Å². The Kier molecular flexibility index (Phi) is 3.60. The second-order valence-electron chi connectivity index (χ2n) is 5.81. The molecule has 0 spiro atoms. The maximum Gasteiger partial charge on any atom is 0.0846 e. The minimum Gasteiger partial charge on any atom is -0.386 e. The van der Waals surface area contributed by atoms with Crippen molar-refractivity contribution >= 4 is 26.7 Å². The smallest absolute Gasteiger partial charge is 0.0846 e. The van der Waals surface area contributed by atoms with Gasteiger partial charge in [-0.2, -0.15) is 0 Å². The number of benzene rings is 3. The van der Waals surface area contributed by atoms with E-state index in [1.807, 2.05) is 38.1 Å². The molecule has 0 saturated carbocycles. The molecule has 21 heavy (non-hydrogen) atoms. The van der Waals surface area contributed by atoms with Gasteiger partial charge in [0.25, 0.3) is 0 Å². The maximum absolute atomic E-state index is 10.4. The molecule has 0 atom stereocenters. The van der Waals surface area contributed by atoms with Crippen molar-refractivity contribution in [2.45, 2.75) is 19.4 Å². The standard InChI is InChI=1S/C19H17BrO/c1-19(2,21)18-12-16(20)9-10-17(18)15-8-7-13-5-3-4-6-14(13)11-15/h3-12,21H,1-2H3. The third-order valence-electron chi connectivity index (χ3n) is 3.70. The summed E-state index contributed by atoms with van der Waals surface area (Å²) >= 11 is 3.49. The molecule has 0 aliphatic rings. The molecule has 1 N–H and O–H groups in total. The molecule has 3 aromatic carbocycles. The molecule has 0 aliphatic heterocycles. The molecule has 0 bridgehead atoms. The average molecular weight is 341 g/mol. The van der Waals surface area contributed by atoms with E-state index in [-0.39, 0.29) is 0 Å². The van der Waals surface area contributed by atoms with Gasteiger partial charge in [-0.15, -0.1) is 0 Å². The molecule has 0 heterocycles. The number of hydrogen-bond acceptors (Lipinski definition) is 1. The molecule has 106 valence electrons. The van der Waals surface area contributed by atoms with Crippen LogP contribution in [0, 0.1) is 0 Å². The van der Waals surface area contributed by atoms with Crippen LogP contribution in [-0.4, -0.2) is 5.11 Å². The van der Waals surface area contributed by atoms with Crippen molar-refractivity contribution < 1.29 is 5.11 Å². The first kappa shape index (κ1) is 14.3. The number of aliphatic hydroxyl groups is 1. The van der Waals surface area contributed by atoms with Gasteiger partial charge in [0.2, 0.25) is 0 Å². The highest BCUT2D eigenvalue weighted by Gasteiger charge is 2.21. The zero-order chi connectivity index (χ0) is 15.0. The molecule has 3 aromatic rings. The summed E-state index contributed by atoms with van der Waals surface area (Å²) in [7, 11) is 0. The Morgan fingerprint density at radius 3 is 2.29 bits per heavy atom. The van der Waals surface area contributed by atoms with Crippen LogP contribution in [0.3, 0.4) is 0 Å². The third-order valence-corrected chi connectivity index (χ3v) is 4.19. The van der Waals surface area contributed by atoms with E-state index < -0.39 is 5.60 Å². The summed E-state index contributed by atoms with van der Waals surface area (Å²) in [5.41, 5.74) is 2.23. The summed E-state index contributed by atoms with van der Waals surface area (Å²) < 4.78 is 0.976. The van der Waals surface area contributed by atoms with Gasteiger partial charge in [-0.1, -0.05) is 58.4 Å². The lowest BCUT2D eigenvalue weighted by Gasteiger charge is -2.22. The maximum atomic E-state index is 10.4. The van der Waals surface area contributed by atoms with E-state index in [0.29, 0.717) is 0 Å². The van der Waals surface area contributed by atoms with E-state index in [1.165, 1.54) is 10.8 Å². The predicted molar refractivity (Wildman–Crippen MR) is 92.3 cm³/mol. The summed E-state index contributed by atoms with van der Waals surface area (Å²) in [6, 6.07) is 20.8. The number of hydrogen-bond donors (Lipinski definition) is 1. The van der Waals surface area contributed by atoms with Crippen LogP contribution in [0.2, 0.25) is 0 Å². The fraction of sp³-hybridized carbons (Fsp3) is 0.158. The molecule has 0 aliphatic carbocycles. The fourth-order valence-electron chi connectivity index (χ4n) is 2.63. The molecule has 3 rings (SSSR count). The van der Waals surface area contributed by atoms with Crippen LogP contribution >= 0.6 is 15.9 Å². The highest BCUT2D eigenvalue weighted by Crippen LogP contribution is 2.35. The second-order valence-corrected chi connectivity index (χ2v) is 6.73. The first-order valence-corrected chi connectivity index (χ1v) is 7.76. The lowest BCUT2D eigenvalue weighted by Crippen LogP contribution is -2.16. The molecular weight excluding hydrogens is 324 g/mol. The van der Waals surface area contributed by atoms with E-state index in [0.717, 1.165) is 21.2 Å². The van der Waals surface area contributed by atoms with E-state index in [9.17, 15) is 5.11 Å². The van der Waals surface area contributed by atoms with Gasteiger partial charge >= 0.3 is 0 Å². The van der Waals surface area contributed by atoms with Crippen molar-refractivity contribution in [3.05, 3.63) is 70.7 Å². The molecule has 0 radical (unpaired) electrons. The van der Waals surface area contributed by atoms with Gasteiger partial charge in [0.1, 0.15) is 0 Å². The molecule has 0 amide bonds. The first-order chi connectivity index (χ1) is 9.95. The van der Waals surface area contributed by atoms with E-state index in [4.69, 9.17) is 0 Å². The van der Waals surface area contributed by atoms with Gasteiger partial charge < -0.3 is 5.11 Å². The van der Waals surface area contributed by atoms with Crippen LogP contribution < -0.4 is 0 Å². The van der Waals surface area contributed by atoms with Gasteiger partial charge in [-0.25, -0.2) is 0 Å². The Morgan fingerprint density at radius 2 is 1.57 bits per heavy atom. The van der Waals surface area contributed by atoms with Crippen LogP contribution in [0.25, 0.3) is 21.9 Å². The van der Waals surface area contributed by atoms with Crippen molar-refractivity contribution in [3.8, 4) is 11.1 Å². The highest BCUT2D eigenvalue weighted by atomic mass is 79.9. The van der Waals surface area contributed by atoms with E-state index in [2.05, 4.69) is 52.3 Å². The Labute approximate surface area is 133 Å². The summed E-state index contributed by atoms with van der Waals surface area (Å²) in [5.74, 6) is 0. The van der Waals surface area contributed by atoms with Crippen LogP contribution in [-0.2, 0) is 5.60 Å². The fourth-order valence-corrected chi connectivity index (χ4v) is 2.99. The van der Waals surface area contributed by atoms with Gasteiger partial charge in [0, 0.05) is 4.47 Å². The van der Waals surface area contributed by atoms with Gasteiger partial charge in [-0.3, -0.25) is 0 Å². The Balaban J connectivity index is 2.23. The SMILES string of the molecule is CC(C)(O)c1cc(Br)ccc1-c1ccc2ccccc2c1. The minimum absolute atomic E-state index is 0.884. The van der Waals surface area contributed by atoms with Crippen LogP contribution in [0.4, 0.5) is 0 Å². The normalized spacial score (nSPS) is 11.8. The number of fused-ring (bicyclic) bond motifs is 1. The van der Waals surface area contributed by atoms with E-state index >= 15 is 0 Å². The third kappa shape index (κ3) is 2.87. The highest BCUT2D eigenvalue weighted by molar-refractivity contribution is 9.10. The predicted octanol–water partition coefficient (Wildman–Crippen LogP) is 5.50. The van der Waals surface area contributed by atoms with Gasteiger partial charge in [-0.05, 0) is 59.5 Å². The molecule has 2 heteroatoms. The molecule has 0 unspecified atom stereocenters. The largest absolute Gasteiger partial charge is 0.386 e. The first-order valence-electron chi connectivity index (χ1n) is 6.97. The quantitative estimate of drug-likeness (QED) is 0.653. The summed E-state index contributed by atoms with van der Waals surface area (Å²) in [6.45, 7) is 3.64. The summed E-state index contributed by atoms with van der Waals surface area (Å²) in [4.78, 5) is 0. The van der Waals surface area contributed by atoms with Crippen LogP contribution in [0.1, 0.15) is 19.4 Å². The second kappa shape index (κ2) is 5.28. The number of halogens is 1. The zero-order valence-corrected chi connectivity index (χ0v) is 13.7. The lowest BCUT2D eigenvalue weighted by molar-refractivity contribution is 0.0791. The molecule has 0 fully saturated rings. The Hall–Kier alpha value is -1.64. The Bertz CT molecular complexity index is 800. The average Bonchev–Trinajstić information content (AvgIpc) is 2.46. The van der Waals surface area contributed by atoms with Crippen molar-refractivity contribution in [2.24, 2.45) is 0 Å².